The number of ether oxygens (including phenoxy) is 1. The van der Waals surface area contributed by atoms with Crippen LogP contribution in [0.4, 0.5) is 11.4 Å². The highest BCUT2D eigenvalue weighted by atomic mass is 35.5. The van der Waals surface area contributed by atoms with Crippen LogP contribution in [0, 0.1) is 5.92 Å². The standard InChI is InChI=1S/C14H19ClN2O/c1-2-6-17-12-5-3-4-11(15)14(12)16-7-10-8-18-9-13(10)17/h3-5,10,13,16H,2,6-9H2,1H3. The van der Waals surface area contributed by atoms with Crippen LogP contribution >= 0.6 is 11.6 Å². The number of halogens is 1. The molecule has 0 aliphatic carbocycles. The molecular formula is C14H19ClN2O. The Balaban J connectivity index is 2.03. The first-order valence-electron chi connectivity index (χ1n) is 6.68. The number of fused-ring (bicyclic) bond motifs is 2. The minimum absolute atomic E-state index is 0.483. The number of benzene rings is 1. The predicted molar refractivity (Wildman–Crippen MR) is 75.7 cm³/mol. The Bertz CT molecular complexity index is 438. The van der Waals surface area contributed by atoms with E-state index in [0.29, 0.717) is 12.0 Å². The van der Waals surface area contributed by atoms with E-state index < -0.39 is 0 Å². The first kappa shape index (κ1) is 12.1. The van der Waals surface area contributed by atoms with Crippen LogP contribution < -0.4 is 10.2 Å². The van der Waals surface area contributed by atoms with Gasteiger partial charge in [0.1, 0.15) is 0 Å². The fourth-order valence-electron chi connectivity index (χ4n) is 2.99. The van der Waals surface area contributed by atoms with E-state index >= 15 is 0 Å². The van der Waals surface area contributed by atoms with Gasteiger partial charge >= 0.3 is 0 Å². The molecule has 3 rings (SSSR count). The smallest absolute Gasteiger partial charge is 0.0767 e. The molecular weight excluding hydrogens is 248 g/mol. The van der Waals surface area contributed by atoms with Crippen molar-refractivity contribution in [2.24, 2.45) is 5.92 Å². The zero-order valence-electron chi connectivity index (χ0n) is 10.7. The number of hydrogen-bond acceptors (Lipinski definition) is 3. The van der Waals surface area contributed by atoms with Gasteiger partial charge in [-0.25, -0.2) is 0 Å². The number of hydrogen-bond donors (Lipinski definition) is 1. The van der Waals surface area contributed by atoms with E-state index in [1.54, 1.807) is 0 Å². The maximum atomic E-state index is 6.32. The van der Waals surface area contributed by atoms with Crippen LogP contribution in [0.5, 0.6) is 0 Å². The Kier molecular flexibility index (Phi) is 3.35. The second-order valence-electron chi connectivity index (χ2n) is 5.07. The van der Waals surface area contributed by atoms with Crippen LogP contribution in [0.3, 0.4) is 0 Å². The van der Waals surface area contributed by atoms with E-state index in [1.165, 1.54) is 5.69 Å². The number of rotatable bonds is 2. The molecule has 2 aliphatic rings. The molecule has 1 fully saturated rings. The van der Waals surface area contributed by atoms with Crippen LogP contribution in [0.15, 0.2) is 18.2 Å². The van der Waals surface area contributed by atoms with Crippen molar-refractivity contribution >= 4 is 23.0 Å². The Morgan fingerprint density at radius 1 is 1.44 bits per heavy atom. The van der Waals surface area contributed by atoms with E-state index in [4.69, 9.17) is 16.3 Å². The summed E-state index contributed by atoms with van der Waals surface area (Å²) in [6.45, 7) is 5.90. The van der Waals surface area contributed by atoms with Crippen LogP contribution in [0.1, 0.15) is 13.3 Å². The van der Waals surface area contributed by atoms with Crippen LogP contribution in [0.2, 0.25) is 5.02 Å². The van der Waals surface area contributed by atoms with Gasteiger partial charge in [-0.05, 0) is 18.6 Å². The van der Waals surface area contributed by atoms with E-state index in [9.17, 15) is 0 Å². The molecule has 18 heavy (non-hydrogen) atoms. The van der Waals surface area contributed by atoms with Crippen molar-refractivity contribution in [3.8, 4) is 0 Å². The third-order valence-corrected chi connectivity index (χ3v) is 4.19. The Labute approximate surface area is 113 Å². The number of para-hydroxylation sites is 1. The quantitative estimate of drug-likeness (QED) is 0.891. The topological polar surface area (TPSA) is 24.5 Å². The van der Waals surface area contributed by atoms with E-state index in [0.717, 1.165) is 43.4 Å². The number of nitrogens with zero attached hydrogens (tertiary/aromatic N) is 1. The maximum absolute atomic E-state index is 6.32. The van der Waals surface area contributed by atoms with Gasteiger partial charge in [0.2, 0.25) is 0 Å². The van der Waals surface area contributed by atoms with Gasteiger partial charge in [-0.2, -0.15) is 0 Å². The molecule has 2 heterocycles. The SMILES string of the molecule is CCCN1c2cccc(Cl)c2NCC2COCC21. The zero-order chi connectivity index (χ0) is 12.5. The Morgan fingerprint density at radius 2 is 2.33 bits per heavy atom. The molecule has 0 amide bonds. The molecule has 0 radical (unpaired) electrons. The normalized spacial score (nSPS) is 26.2. The lowest BCUT2D eigenvalue weighted by molar-refractivity contribution is 0.185. The molecule has 1 aromatic rings. The van der Waals surface area contributed by atoms with Gasteiger partial charge in [0.05, 0.1) is 35.7 Å². The van der Waals surface area contributed by atoms with E-state index in [-0.39, 0.29) is 0 Å². The van der Waals surface area contributed by atoms with E-state index in [1.807, 2.05) is 12.1 Å². The van der Waals surface area contributed by atoms with Crippen molar-refractivity contribution < 1.29 is 4.74 Å². The highest BCUT2D eigenvalue weighted by molar-refractivity contribution is 6.34. The summed E-state index contributed by atoms with van der Waals surface area (Å²) in [4.78, 5) is 2.47. The van der Waals surface area contributed by atoms with E-state index in [2.05, 4.69) is 23.2 Å². The van der Waals surface area contributed by atoms with Gasteiger partial charge in [-0.3, -0.25) is 0 Å². The highest BCUT2D eigenvalue weighted by Crippen LogP contribution is 2.39. The summed E-state index contributed by atoms with van der Waals surface area (Å²) in [5.41, 5.74) is 2.31. The van der Waals surface area contributed by atoms with Crippen molar-refractivity contribution in [2.45, 2.75) is 19.4 Å². The highest BCUT2D eigenvalue weighted by Gasteiger charge is 2.36. The summed E-state index contributed by atoms with van der Waals surface area (Å²) < 4.78 is 5.65. The van der Waals surface area contributed by atoms with Gasteiger partial charge in [0, 0.05) is 19.0 Å². The van der Waals surface area contributed by atoms with Crippen LogP contribution in [0.25, 0.3) is 0 Å². The first-order valence-corrected chi connectivity index (χ1v) is 7.06. The molecule has 2 aliphatic heterocycles. The van der Waals surface area contributed by atoms with Crippen molar-refractivity contribution in [3.63, 3.8) is 0 Å². The number of nitrogens with one attached hydrogen (secondary N) is 1. The van der Waals surface area contributed by atoms with Gasteiger partial charge < -0.3 is 15.0 Å². The third kappa shape index (κ3) is 1.95. The molecule has 1 aromatic carbocycles. The van der Waals surface area contributed by atoms with Gasteiger partial charge in [0.15, 0.2) is 0 Å². The minimum Gasteiger partial charge on any atom is -0.382 e. The molecule has 0 saturated carbocycles. The lowest BCUT2D eigenvalue weighted by Crippen LogP contribution is -2.41. The largest absolute Gasteiger partial charge is 0.382 e. The lowest BCUT2D eigenvalue weighted by Gasteiger charge is -2.31. The molecule has 4 heteroatoms. The average molecular weight is 267 g/mol. The Morgan fingerprint density at radius 3 is 3.17 bits per heavy atom. The summed E-state index contributed by atoms with van der Waals surface area (Å²) in [5, 5.41) is 4.31. The van der Waals surface area contributed by atoms with Gasteiger partial charge in [-0.1, -0.05) is 24.6 Å². The second kappa shape index (κ2) is 4.98. The zero-order valence-corrected chi connectivity index (χ0v) is 11.4. The molecule has 2 atom stereocenters. The van der Waals surface area contributed by atoms with Crippen molar-refractivity contribution in [1.29, 1.82) is 0 Å². The number of anilines is 2. The van der Waals surface area contributed by atoms with Crippen molar-refractivity contribution in [1.82, 2.24) is 0 Å². The molecule has 0 bridgehead atoms. The molecule has 3 nitrogen and oxygen atoms in total. The summed E-state index contributed by atoms with van der Waals surface area (Å²) in [6, 6.07) is 6.62. The fourth-order valence-corrected chi connectivity index (χ4v) is 3.23. The monoisotopic (exact) mass is 266 g/mol. The predicted octanol–water partition coefficient (Wildman–Crippen LogP) is 3.00. The van der Waals surface area contributed by atoms with Crippen molar-refractivity contribution in [3.05, 3.63) is 23.2 Å². The fraction of sp³-hybridized carbons (Fsp3) is 0.571. The van der Waals surface area contributed by atoms with Crippen molar-refractivity contribution in [2.75, 3.05) is 36.5 Å². The Hall–Kier alpha value is -0.930. The summed E-state index contributed by atoms with van der Waals surface area (Å²) in [7, 11) is 0. The molecule has 1 saturated heterocycles. The maximum Gasteiger partial charge on any atom is 0.0767 e. The lowest BCUT2D eigenvalue weighted by atomic mass is 10.0. The summed E-state index contributed by atoms with van der Waals surface area (Å²) in [5.74, 6) is 0.556. The van der Waals surface area contributed by atoms with Crippen LogP contribution in [-0.2, 0) is 4.74 Å². The first-order chi connectivity index (χ1) is 8.81. The van der Waals surface area contributed by atoms with Crippen LogP contribution in [-0.4, -0.2) is 32.3 Å². The molecule has 0 spiro atoms. The van der Waals surface area contributed by atoms with Gasteiger partial charge in [0.25, 0.3) is 0 Å². The summed E-state index contributed by atoms with van der Waals surface area (Å²) >= 11 is 6.32. The molecule has 98 valence electrons. The summed E-state index contributed by atoms with van der Waals surface area (Å²) in [6.07, 6.45) is 1.13. The molecule has 0 aromatic heterocycles. The average Bonchev–Trinajstić information content (AvgIpc) is 2.77. The molecule has 2 unspecified atom stereocenters. The second-order valence-corrected chi connectivity index (χ2v) is 5.48. The third-order valence-electron chi connectivity index (χ3n) is 3.87. The van der Waals surface area contributed by atoms with Gasteiger partial charge in [-0.15, -0.1) is 0 Å². The molecule has 1 N–H and O–H groups in total. The minimum atomic E-state index is 0.483.